The van der Waals surface area contributed by atoms with Crippen molar-refractivity contribution in [2.75, 3.05) is 7.11 Å². The van der Waals surface area contributed by atoms with Crippen molar-refractivity contribution in [3.05, 3.63) is 42.5 Å². The number of hydrogen-bond donors (Lipinski definition) is 0. The van der Waals surface area contributed by atoms with Crippen LogP contribution >= 0.6 is 0 Å². The predicted molar refractivity (Wildman–Crippen MR) is 60.5 cm³/mol. The van der Waals surface area contributed by atoms with Gasteiger partial charge in [-0.25, -0.2) is 4.98 Å². The lowest BCUT2D eigenvalue weighted by Crippen LogP contribution is -1.97. The Morgan fingerprint density at radius 3 is 2.62 bits per heavy atom. The van der Waals surface area contributed by atoms with Crippen LogP contribution in [0.25, 0.3) is 0 Å². The number of para-hydroxylation sites is 2. The molecule has 0 N–H and O–H groups in total. The molecule has 0 aliphatic rings. The van der Waals surface area contributed by atoms with E-state index in [0.717, 1.165) is 17.2 Å². The number of aryl methyl sites for hydroxylation is 1. The maximum absolute atomic E-state index is 5.63. The van der Waals surface area contributed by atoms with Gasteiger partial charge in [0.15, 0.2) is 11.5 Å². The van der Waals surface area contributed by atoms with Crippen LogP contribution in [0.4, 0.5) is 0 Å². The van der Waals surface area contributed by atoms with E-state index in [1.165, 1.54) is 0 Å². The first-order chi connectivity index (χ1) is 7.79. The molecule has 4 nitrogen and oxygen atoms in total. The van der Waals surface area contributed by atoms with Gasteiger partial charge in [0, 0.05) is 13.2 Å². The summed E-state index contributed by atoms with van der Waals surface area (Å²) in [5.74, 6) is 1.47. The lowest BCUT2D eigenvalue weighted by atomic mass is 10.3. The van der Waals surface area contributed by atoms with Crippen molar-refractivity contribution in [3.63, 3.8) is 0 Å². The highest BCUT2D eigenvalue weighted by Crippen LogP contribution is 2.26. The number of imidazole rings is 1. The molecule has 2 aromatic rings. The second-order valence-corrected chi connectivity index (χ2v) is 3.47. The average Bonchev–Trinajstić information content (AvgIpc) is 2.73. The molecule has 16 heavy (non-hydrogen) atoms. The molecule has 2 rings (SSSR count). The highest BCUT2D eigenvalue weighted by molar-refractivity contribution is 5.39. The minimum Gasteiger partial charge on any atom is -0.493 e. The molecule has 0 aliphatic heterocycles. The van der Waals surface area contributed by atoms with Gasteiger partial charge in [0.1, 0.15) is 6.61 Å². The quantitative estimate of drug-likeness (QED) is 0.787. The largest absolute Gasteiger partial charge is 0.493 e. The third kappa shape index (κ3) is 2.34. The second kappa shape index (κ2) is 4.70. The molecule has 4 heteroatoms. The van der Waals surface area contributed by atoms with Gasteiger partial charge < -0.3 is 14.0 Å². The second-order valence-electron chi connectivity index (χ2n) is 3.47. The Hall–Kier alpha value is -1.97. The van der Waals surface area contributed by atoms with E-state index in [2.05, 4.69) is 4.98 Å². The minimum atomic E-state index is 0.446. The van der Waals surface area contributed by atoms with Crippen molar-refractivity contribution in [1.82, 2.24) is 9.55 Å². The van der Waals surface area contributed by atoms with E-state index >= 15 is 0 Å². The molecule has 0 radical (unpaired) electrons. The minimum absolute atomic E-state index is 0.446. The first-order valence-corrected chi connectivity index (χ1v) is 5.02. The van der Waals surface area contributed by atoms with Crippen molar-refractivity contribution >= 4 is 0 Å². The highest BCUT2D eigenvalue weighted by atomic mass is 16.5. The average molecular weight is 218 g/mol. The molecule has 0 saturated heterocycles. The lowest BCUT2D eigenvalue weighted by molar-refractivity contribution is 0.281. The van der Waals surface area contributed by atoms with Gasteiger partial charge in [-0.05, 0) is 12.1 Å². The van der Waals surface area contributed by atoms with Crippen LogP contribution in [0.2, 0.25) is 0 Å². The summed E-state index contributed by atoms with van der Waals surface area (Å²) in [6, 6.07) is 7.57. The van der Waals surface area contributed by atoms with Gasteiger partial charge in [0.25, 0.3) is 0 Å². The van der Waals surface area contributed by atoms with Gasteiger partial charge in [-0.3, -0.25) is 0 Å². The summed E-state index contributed by atoms with van der Waals surface area (Å²) in [5.41, 5.74) is 0.897. The lowest BCUT2D eigenvalue weighted by Gasteiger charge is -2.08. The molecule has 0 saturated carbocycles. The molecule has 0 aliphatic carbocycles. The number of rotatable bonds is 4. The zero-order valence-electron chi connectivity index (χ0n) is 9.38. The van der Waals surface area contributed by atoms with Crippen molar-refractivity contribution in [2.24, 2.45) is 7.05 Å². The van der Waals surface area contributed by atoms with Crippen LogP contribution in [-0.4, -0.2) is 16.7 Å². The Morgan fingerprint density at radius 2 is 2.00 bits per heavy atom. The molecule has 0 atom stereocenters. The maximum Gasteiger partial charge on any atom is 0.161 e. The van der Waals surface area contributed by atoms with Gasteiger partial charge in [-0.2, -0.15) is 0 Å². The van der Waals surface area contributed by atoms with Gasteiger partial charge in [0.2, 0.25) is 0 Å². The third-order valence-corrected chi connectivity index (χ3v) is 2.20. The van der Waals surface area contributed by atoms with E-state index in [9.17, 15) is 0 Å². The van der Waals surface area contributed by atoms with Crippen LogP contribution in [-0.2, 0) is 13.7 Å². The van der Waals surface area contributed by atoms with E-state index in [0.29, 0.717) is 6.61 Å². The molecule has 0 fully saturated rings. The highest BCUT2D eigenvalue weighted by Gasteiger charge is 2.03. The smallest absolute Gasteiger partial charge is 0.161 e. The summed E-state index contributed by atoms with van der Waals surface area (Å²) in [4.78, 5) is 4.18. The molecule has 0 spiro atoms. The summed E-state index contributed by atoms with van der Waals surface area (Å²) in [5, 5.41) is 0. The van der Waals surface area contributed by atoms with E-state index in [-0.39, 0.29) is 0 Å². The fourth-order valence-corrected chi connectivity index (χ4v) is 1.43. The van der Waals surface area contributed by atoms with Gasteiger partial charge >= 0.3 is 0 Å². The van der Waals surface area contributed by atoms with Gasteiger partial charge in [-0.1, -0.05) is 12.1 Å². The molecular formula is C12H14N2O2. The summed E-state index contributed by atoms with van der Waals surface area (Å²) >= 11 is 0. The number of ether oxygens (including phenoxy) is 2. The SMILES string of the molecule is COc1ccccc1OCc1cn(C)cn1. The molecule has 1 aromatic carbocycles. The maximum atomic E-state index is 5.63. The monoisotopic (exact) mass is 218 g/mol. The van der Waals surface area contributed by atoms with E-state index in [1.54, 1.807) is 13.4 Å². The number of hydrogen-bond acceptors (Lipinski definition) is 3. The molecular weight excluding hydrogens is 204 g/mol. The predicted octanol–water partition coefficient (Wildman–Crippen LogP) is 2.01. The van der Waals surface area contributed by atoms with Gasteiger partial charge in [-0.15, -0.1) is 0 Å². The molecule has 1 aromatic heterocycles. The molecule has 0 amide bonds. The summed E-state index contributed by atoms with van der Waals surface area (Å²) < 4.78 is 12.7. The van der Waals surface area contributed by atoms with Crippen LogP contribution in [0.1, 0.15) is 5.69 Å². The van der Waals surface area contributed by atoms with Crippen LogP contribution in [0.3, 0.4) is 0 Å². The number of benzene rings is 1. The Bertz CT molecular complexity index is 466. The van der Waals surface area contributed by atoms with Crippen LogP contribution in [0.5, 0.6) is 11.5 Å². The first kappa shape index (κ1) is 10.5. The summed E-state index contributed by atoms with van der Waals surface area (Å²) in [7, 11) is 3.56. The summed E-state index contributed by atoms with van der Waals surface area (Å²) in [6.45, 7) is 0.446. The molecule has 0 unspecified atom stereocenters. The zero-order valence-corrected chi connectivity index (χ0v) is 9.38. The van der Waals surface area contributed by atoms with Crippen LogP contribution in [0.15, 0.2) is 36.8 Å². The first-order valence-electron chi connectivity index (χ1n) is 5.02. The number of nitrogens with zero attached hydrogens (tertiary/aromatic N) is 2. The summed E-state index contributed by atoms with van der Waals surface area (Å²) in [6.07, 6.45) is 3.68. The Kier molecular flexibility index (Phi) is 3.10. The van der Waals surface area contributed by atoms with Gasteiger partial charge in [0.05, 0.1) is 19.1 Å². The van der Waals surface area contributed by atoms with E-state index < -0.39 is 0 Å². The number of methoxy groups -OCH3 is 1. The fourth-order valence-electron chi connectivity index (χ4n) is 1.43. The third-order valence-electron chi connectivity index (χ3n) is 2.20. The standard InChI is InChI=1S/C12H14N2O2/c1-14-7-10(13-9-14)8-16-12-6-4-3-5-11(12)15-2/h3-7,9H,8H2,1-2H3. The topological polar surface area (TPSA) is 36.3 Å². The van der Waals surface area contributed by atoms with E-state index in [4.69, 9.17) is 9.47 Å². The van der Waals surface area contributed by atoms with E-state index in [1.807, 2.05) is 42.1 Å². The Morgan fingerprint density at radius 1 is 1.25 bits per heavy atom. The Labute approximate surface area is 94.4 Å². The van der Waals surface area contributed by atoms with Crippen LogP contribution < -0.4 is 9.47 Å². The zero-order chi connectivity index (χ0) is 11.4. The Balaban J connectivity index is 2.04. The molecule has 0 bridgehead atoms. The van der Waals surface area contributed by atoms with Crippen molar-refractivity contribution < 1.29 is 9.47 Å². The van der Waals surface area contributed by atoms with Crippen molar-refractivity contribution in [2.45, 2.75) is 6.61 Å². The fraction of sp³-hybridized carbons (Fsp3) is 0.250. The van der Waals surface area contributed by atoms with Crippen LogP contribution in [0, 0.1) is 0 Å². The van der Waals surface area contributed by atoms with Crippen molar-refractivity contribution in [3.8, 4) is 11.5 Å². The number of aromatic nitrogens is 2. The molecule has 1 heterocycles. The van der Waals surface area contributed by atoms with Crippen molar-refractivity contribution in [1.29, 1.82) is 0 Å². The molecule has 84 valence electrons. The normalized spacial score (nSPS) is 10.1.